The fraction of sp³-hybridized carbons (Fsp3) is 0.268. The van der Waals surface area contributed by atoms with Crippen LogP contribution in [0.1, 0.15) is 81.3 Å². The molecule has 0 saturated heterocycles. The first-order valence-electron chi connectivity index (χ1n) is 15.5. The minimum Gasteiger partial charge on any atom is -1.00 e. The Balaban J connectivity index is 0.000000293. The Kier molecular flexibility index (Phi) is 14.8. The molecule has 0 unspecified atom stereocenters. The van der Waals surface area contributed by atoms with Gasteiger partial charge in [0.25, 0.3) is 0 Å². The Labute approximate surface area is 317 Å². The SMILES string of the molecule is CC(C)(C)c1ccc2[cH-]c3ccc(C(C)(C)C)cc3c2c1.FC(F)(F)c1cccc([C](=[Hf+2])c2cccc(C(F)(F)F)c2)c1.[C-]1=CC=CC1.[Cl-].[Cl-]. The first-order valence-corrected chi connectivity index (χ1v) is 17.3. The van der Waals surface area contributed by atoms with Crippen molar-refractivity contribution in [1.82, 2.24) is 0 Å². The van der Waals surface area contributed by atoms with Gasteiger partial charge in [-0.3, -0.25) is 6.08 Å². The molecule has 1 aliphatic rings. The van der Waals surface area contributed by atoms with E-state index in [1.807, 2.05) is 12.2 Å². The molecule has 0 bridgehead atoms. The van der Waals surface area contributed by atoms with Crippen LogP contribution in [0.4, 0.5) is 26.3 Å². The summed E-state index contributed by atoms with van der Waals surface area (Å²) < 4.78 is 76.7. The standard InChI is InChI=1S/C21H25.C15H8F6.C5H5.2ClH.Hf/c1-20(2,3)16-9-7-14-11-15-8-10-17(21(4,5)6)13-19(15)18(14)12-16;16-14(17,18)12-5-1-3-10(8-12)7-11-4-2-6-13(9-11)15(19,20)21;1-2-4-5-3-1;;;/h7-13H,1-6H3;1-6,8-9H;1-3H,4H2;2*1H;/q-1;;-1;;;+2/p-2. The molecule has 0 nitrogen and oxygen atoms in total. The van der Waals surface area contributed by atoms with Crippen LogP contribution in [0.5, 0.6) is 0 Å². The van der Waals surface area contributed by atoms with Gasteiger partial charge in [-0.1, -0.05) is 76.9 Å². The predicted molar refractivity (Wildman–Crippen MR) is 182 cm³/mol. The van der Waals surface area contributed by atoms with E-state index in [9.17, 15) is 26.3 Å². The van der Waals surface area contributed by atoms with Crippen LogP contribution in [-0.4, -0.2) is 3.26 Å². The van der Waals surface area contributed by atoms with Crippen molar-refractivity contribution in [2.24, 2.45) is 0 Å². The van der Waals surface area contributed by atoms with Crippen molar-refractivity contribution in [3.05, 3.63) is 149 Å². The van der Waals surface area contributed by atoms with Gasteiger partial charge in [-0.2, -0.15) is 6.08 Å². The molecule has 0 atom stereocenters. The van der Waals surface area contributed by atoms with Gasteiger partial charge in [-0.25, -0.2) is 12.2 Å². The van der Waals surface area contributed by atoms with E-state index in [2.05, 4.69) is 96.2 Å². The third kappa shape index (κ3) is 11.3. The zero-order valence-electron chi connectivity index (χ0n) is 28.6. The molecule has 0 heterocycles. The summed E-state index contributed by atoms with van der Waals surface area (Å²) in [6.07, 6.45) is 1.04. The van der Waals surface area contributed by atoms with Crippen LogP contribution in [0.3, 0.4) is 0 Å². The van der Waals surface area contributed by atoms with Gasteiger partial charge in [-0.15, -0.1) is 46.2 Å². The Hall–Kier alpha value is -2.87. The maximum atomic E-state index is 12.7. The van der Waals surface area contributed by atoms with E-state index in [1.165, 1.54) is 56.9 Å². The van der Waals surface area contributed by atoms with E-state index in [0.717, 1.165) is 30.7 Å². The number of benzene rings is 4. The summed E-state index contributed by atoms with van der Waals surface area (Å²) in [6.45, 7) is 13.7. The smallest absolute Gasteiger partial charge is 0.109 e. The summed E-state index contributed by atoms with van der Waals surface area (Å²) in [4.78, 5) is 0. The third-order valence-electron chi connectivity index (χ3n) is 7.98. The maximum absolute atomic E-state index is 12.7. The van der Waals surface area contributed by atoms with E-state index < -0.39 is 23.5 Å². The van der Waals surface area contributed by atoms with E-state index in [-0.39, 0.29) is 35.6 Å². The van der Waals surface area contributed by atoms with Crippen molar-refractivity contribution in [3.8, 4) is 0 Å². The van der Waals surface area contributed by atoms with Crippen molar-refractivity contribution < 1.29 is 75.0 Å². The first kappa shape index (κ1) is 43.3. The van der Waals surface area contributed by atoms with Crippen LogP contribution in [0, 0.1) is 6.08 Å². The van der Waals surface area contributed by atoms with Gasteiger partial charge in [0, 0.05) is 0 Å². The second-order valence-corrected chi connectivity index (χ2v) is 15.6. The van der Waals surface area contributed by atoms with Crippen LogP contribution < -0.4 is 24.8 Å². The minimum atomic E-state index is -4.48. The van der Waals surface area contributed by atoms with Crippen molar-refractivity contribution >= 4 is 24.8 Å². The Morgan fingerprint density at radius 3 is 1.32 bits per heavy atom. The average Bonchev–Trinajstić information content (AvgIpc) is 3.71. The number of hydrogen-bond donors (Lipinski definition) is 0. The van der Waals surface area contributed by atoms with Crippen LogP contribution in [0.15, 0.2) is 109 Å². The fourth-order valence-corrected chi connectivity index (χ4v) is 6.26. The van der Waals surface area contributed by atoms with Crippen LogP contribution >= 0.6 is 0 Å². The second-order valence-electron chi connectivity index (χ2n) is 13.8. The monoisotopic (exact) mass is 894 g/mol. The Bertz CT molecular complexity index is 1830. The summed E-state index contributed by atoms with van der Waals surface area (Å²) in [5.41, 5.74) is 2.16. The number of fused-ring (bicyclic) bond motifs is 3. The molecule has 5 aromatic rings. The normalized spacial score (nSPS) is 12.8. The molecule has 0 saturated carbocycles. The van der Waals surface area contributed by atoms with Crippen molar-refractivity contribution in [3.63, 3.8) is 0 Å². The molecule has 0 spiro atoms. The molecule has 5 aromatic carbocycles. The molecule has 0 fully saturated rings. The minimum absolute atomic E-state index is 0. The Morgan fingerprint density at radius 2 is 1.02 bits per heavy atom. The van der Waals surface area contributed by atoms with Gasteiger partial charge in [0.2, 0.25) is 0 Å². The van der Waals surface area contributed by atoms with E-state index in [1.54, 1.807) is 0 Å². The van der Waals surface area contributed by atoms with Gasteiger partial charge >= 0.3 is 137 Å². The summed E-state index contributed by atoms with van der Waals surface area (Å²) in [6, 6.07) is 25.4. The number of hydrogen-bond acceptors (Lipinski definition) is 0. The van der Waals surface area contributed by atoms with Crippen molar-refractivity contribution in [2.45, 2.75) is 71.1 Å². The molecule has 50 heavy (non-hydrogen) atoms. The molecule has 0 aromatic heterocycles. The molecular formula is C41H38Cl2F6Hf-2. The molecule has 6 rings (SSSR count). The van der Waals surface area contributed by atoms with E-state index in [4.69, 9.17) is 0 Å². The molecule has 9 heteroatoms. The summed E-state index contributed by atoms with van der Waals surface area (Å²) in [5.74, 6) is 0. The van der Waals surface area contributed by atoms with Gasteiger partial charge in [0.15, 0.2) is 0 Å². The van der Waals surface area contributed by atoms with Gasteiger partial charge in [-0.05, 0) is 10.8 Å². The summed E-state index contributed by atoms with van der Waals surface area (Å²) in [5, 5.41) is 5.49. The molecule has 0 amide bonds. The molecule has 1 aliphatic carbocycles. The first-order chi connectivity index (χ1) is 22.2. The third-order valence-corrected chi connectivity index (χ3v) is 10.1. The number of alkyl halides is 6. The second kappa shape index (κ2) is 17.1. The zero-order chi connectivity index (χ0) is 35.5. The van der Waals surface area contributed by atoms with E-state index in [0.29, 0.717) is 38.3 Å². The molecular weight excluding hydrogens is 856 g/mol. The van der Waals surface area contributed by atoms with Gasteiger partial charge in [0.05, 0.1) is 0 Å². The largest absolute Gasteiger partial charge is 1.00 e. The summed E-state index contributed by atoms with van der Waals surface area (Å²) >= 11 is 0.316. The molecule has 264 valence electrons. The summed E-state index contributed by atoms with van der Waals surface area (Å²) in [7, 11) is 0. The number of rotatable bonds is 2. The molecule has 0 N–H and O–H groups in total. The average molecular weight is 894 g/mol. The number of halogens is 8. The predicted octanol–water partition coefficient (Wildman–Crippen LogP) is 6.46. The number of allylic oxidation sites excluding steroid dienone is 4. The van der Waals surface area contributed by atoms with Crippen molar-refractivity contribution in [1.29, 1.82) is 0 Å². The maximum Gasteiger partial charge on any atom is -0.109 e. The topological polar surface area (TPSA) is 0 Å². The van der Waals surface area contributed by atoms with E-state index >= 15 is 0 Å². The van der Waals surface area contributed by atoms with Crippen LogP contribution in [-0.2, 0) is 47.1 Å². The zero-order valence-corrected chi connectivity index (χ0v) is 33.7. The van der Waals surface area contributed by atoms with Gasteiger partial charge < -0.3 is 24.8 Å². The molecule has 0 radical (unpaired) electrons. The quantitative estimate of drug-likeness (QED) is 0.109. The van der Waals surface area contributed by atoms with Crippen molar-refractivity contribution in [2.75, 3.05) is 0 Å². The van der Waals surface area contributed by atoms with Gasteiger partial charge in [0.1, 0.15) is 0 Å². The Morgan fingerprint density at radius 1 is 0.600 bits per heavy atom. The molecule has 0 aliphatic heterocycles. The van der Waals surface area contributed by atoms with Crippen LogP contribution in [0.2, 0.25) is 0 Å². The fourth-order valence-electron chi connectivity index (χ4n) is 5.14. The van der Waals surface area contributed by atoms with Crippen LogP contribution in [0.25, 0.3) is 21.5 Å².